The van der Waals surface area contributed by atoms with Gasteiger partial charge in [0.2, 0.25) is 0 Å². The summed E-state index contributed by atoms with van der Waals surface area (Å²) < 4.78 is 3.58. The number of anilines is 2. The molecule has 1 aromatic heterocycles. The fourth-order valence-corrected chi connectivity index (χ4v) is 2.65. The van der Waals surface area contributed by atoms with Gasteiger partial charge in [-0.05, 0) is 35.4 Å². The summed E-state index contributed by atoms with van der Waals surface area (Å²) in [5.41, 5.74) is 5.43. The predicted octanol–water partition coefficient (Wildman–Crippen LogP) is 2.98. The Labute approximate surface area is 166 Å². The van der Waals surface area contributed by atoms with Crippen molar-refractivity contribution in [1.82, 2.24) is 4.68 Å². The zero-order valence-corrected chi connectivity index (χ0v) is 17.1. The van der Waals surface area contributed by atoms with Crippen LogP contribution in [0.15, 0.2) is 71.3 Å². The summed E-state index contributed by atoms with van der Waals surface area (Å²) in [6.07, 6.45) is 7.48. The molecule has 6 nitrogen and oxygen atoms in total. The van der Waals surface area contributed by atoms with E-state index in [1.165, 1.54) is 11.4 Å². The average Bonchev–Trinajstić information content (AvgIpc) is 3.05. The van der Waals surface area contributed by atoms with Crippen molar-refractivity contribution in [1.29, 1.82) is 0 Å². The van der Waals surface area contributed by atoms with Crippen LogP contribution < -0.4 is 14.5 Å². The van der Waals surface area contributed by atoms with Crippen LogP contribution in [0.2, 0.25) is 0 Å². The number of hydrogen-bond donors (Lipinski definition) is 0. The topological polar surface area (TPSA) is 40.0 Å². The summed E-state index contributed by atoms with van der Waals surface area (Å²) in [7, 11) is 8.12. The van der Waals surface area contributed by atoms with E-state index < -0.39 is 0 Å². The molecule has 0 unspecified atom stereocenters. The fourth-order valence-electron chi connectivity index (χ4n) is 2.65. The molecule has 1 heterocycles. The van der Waals surface area contributed by atoms with E-state index in [4.69, 9.17) is 0 Å². The second-order valence-corrected chi connectivity index (χ2v) is 7.07. The molecular formula is C22H27N6+. The normalized spacial score (nSPS) is 11.5. The lowest BCUT2D eigenvalue weighted by Crippen LogP contribution is -2.24. The Morgan fingerprint density at radius 3 is 1.79 bits per heavy atom. The van der Waals surface area contributed by atoms with E-state index in [1.807, 2.05) is 64.7 Å². The minimum atomic E-state index is 1.00. The first-order chi connectivity index (χ1) is 13.4. The molecular weight excluding hydrogens is 348 g/mol. The molecule has 0 saturated heterocycles. The van der Waals surface area contributed by atoms with Crippen molar-refractivity contribution in [3.05, 3.63) is 77.9 Å². The van der Waals surface area contributed by atoms with Crippen LogP contribution in [0, 0.1) is 6.92 Å². The van der Waals surface area contributed by atoms with E-state index in [2.05, 4.69) is 68.5 Å². The highest BCUT2D eigenvalue weighted by molar-refractivity contribution is 5.80. The van der Waals surface area contributed by atoms with Crippen LogP contribution in [0.3, 0.4) is 0 Å². The third kappa shape index (κ3) is 4.85. The first-order valence-electron chi connectivity index (χ1n) is 9.16. The molecule has 0 atom stereocenters. The Balaban J connectivity index is 1.70. The molecule has 0 bridgehead atoms. The maximum atomic E-state index is 4.54. The molecule has 0 N–H and O–H groups in total. The minimum Gasteiger partial charge on any atom is -0.378 e. The van der Waals surface area contributed by atoms with Crippen molar-refractivity contribution < 1.29 is 4.68 Å². The highest BCUT2D eigenvalue weighted by Crippen LogP contribution is 2.12. The van der Waals surface area contributed by atoms with E-state index in [1.54, 1.807) is 4.68 Å². The molecule has 3 rings (SSSR count). The zero-order chi connectivity index (χ0) is 20.1. The van der Waals surface area contributed by atoms with Crippen molar-refractivity contribution in [3.63, 3.8) is 0 Å². The van der Waals surface area contributed by atoms with E-state index in [0.29, 0.717) is 0 Å². The maximum absolute atomic E-state index is 4.54. The van der Waals surface area contributed by atoms with Crippen molar-refractivity contribution in [3.8, 4) is 0 Å². The van der Waals surface area contributed by atoms with Gasteiger partial charge < -0.3 is 9.80 Å². The largest absolute Gasteiger partial charge is 0.378 e. The van der Waals surface area contributed by atoms with Gasteiger partial charge in [-0.1, -0.05) is 34.5 Å². The van der Waals surface area contributed by atoms with Crippen molar-refractivity contribution in [2.24, 2.45) is 10.2 Å². The molecule has 0 aliphatic heterocycles. The number of hydrogen-bond acceptors (Lipinski definition) is 4. The molecule has 0 fully saturated rings. The van der Waals surface area contributed by atoms with Gasteiger partial charge in [0.1, 0.15) is 0 Å². The lowest BCUT2D eigenvalue weighted by molar-refractivity contribution is -0.677. The number of aromatic nitrogens is 2. The molecule has 0 radical (unpaired) electrons. The fraction of sp³-hybridized carbons (Fsp3) is 0.227. The highest BCUT2D eigenvalue weighted by atomic mass is 15.5. The van der Waals surface area contributed by atoms with E-state index in [0.717, 1.165) is 16.8 Å². The van der Waals surface area contributed by atoms with Crippen LogP contribution in [-0.4, -0.2) is 45.3 Å². The molecule has 0 amide bonds. The van der Waals surface area contributed by atoms with Gasteiger partial charge in [-0.25, -0.2) is 0 Å². The molecule has 2 aromatic carbocycles. The standard InChI is InChI=1S/C22H27N6/c1-18-16-27(23-14-19-6-10-21(11-7-19)25(2)3)17-28(18)24-15-20-8-12-22(13-9-20)26(4)5/h6-17H,1-5H3/q+1. The van der Waals surface area contributed by atoms with Gasteiger partial charge in [-0.3, -0.25) is 0 Å². The number of benzene rings is 2. The number of nitrogens with zero attached hydrogens (tertiary/aromatic N) is 6. The lowest BCUT2D eigenvalue weighted by Gasteiger charge is -2.11. The monoisotopic (exact) mass is 375 g/mol. The summed E-state index contributed by atoms with van der Waals surface area (Å²) in [4.78, 5) is 4.15. The van der Waals surface area contributed by atoms with Crippen LogP contribution in [0.4, 0.5) is 11.4 Å². The Morgan fingerprint density at radius 1 is 0.786 bits per heavy atom. The molecule has 0 aliphatic carbocycles. The van der Waals surface area contributed by atoms with Gasteiger partial charge >= 0.3 is 0 Å². The number of imidazole rings is 1. The van der Waals surface area contributed by atoms with Gasteiger partial charge in [0.05, 0.1) is 12.4 Å². The third-order valence-corrected chi connectivity index (χ3v) is 4.40. The molecule has 144 valence electrons. The molecule has 6 heteroatoms. The zero-order valence-electron chi connectivity index (χ0n) is 17.1. The van der Waals surface area contributed by atoms with Crippen LogP contribution in [-0.2, 0) is 0 Å². The van der Waals surface area contributed by atoms with Crippen molar-refractivity contribution in [2.75, 3.05) is 38.0 Å². The average molecular weight is 376 g/mol. The van der Waals surface area contributed by atoms with E-state index in [-0.39, 0.29) is 0 Å². The smallest absolute Gasteiger partial charge is 0.295 e. The predicted molar refractivity (Wildman–Crippen MR) is 117 cm³/mol. The highest BCUT2D eigenvalue weighted by Gasteiger charge is 2.07. The Kier molecular flexibility index (Phi) is 5.89. The van der Waals surface area contributed by atoms with Crippen LogP contribution >= 0.6 is 0 Å². The summed E-state index contributed by atoms with van der Waals surface area (Å²) in [6.45, 7) is 2.00. The third-order valence-electron chi connectivity index (χ3n) is 4.40. The molecule has 0 aliphatic rings. The summed E-state index contributed by atoms with van der Waals surface area (Å²) in [5, 5.41) is 9.03. The molecule has 0 spiro atoms. The summed E-state index contributed by atoms with van der Waals surface area (Å²) in [6, 6.07) is 16.5. The van der Waals surface area contributed by atoms with Gasteiger partial charge in [-0.2, -0.15) is 0 Å². The molecule has 3 aromatic rings. The van der Waals surface area contributed by atoms with Gasteiger partial charge in [0.25, 0.3) is 6.33 Å². The molecule has 0 saturated carbocycles. The van der Waals surface area contributed by atoms with Crippen molar-refractivity contribution in [2.45, 2.75) is 6.92 Å². The van der Waals surface area contributed by atoms with Crippen LogP contribution in [0.1, 0.15) is 16.8 Å². The minimum absolute atomic E-state index is 1.00. The number of rotatable bonds is 6. The van der Waals surface area contributed by atoms with E-state index >= 15 is 0 Å². The van der Waals surface area contributed by atoms with Crippen LogP contribution in [0.5, 0.6) is 0 Å². The second-order valence-electron chi connectivity index (χ2n) is 7.07. The Morgan fingerprint density at radius 2 is 1.29 bits per heavy atom. The Bertz CT molecular complexity index is 963. The van der Waals surface area contributed by atoms with E-state index in [9.17, 15) is 0 Å². The van der Waals surface area contributed by atoms with Gasteiger partial charge in [0.15, 0.2) is 11.9 Å². The van der Waals surface area contributed by atoms with Gasteiger partial charge in [0, 0.05) is 46.5 Å². The Hall–Kier alpha value is -3.41. The second kappa shape index (κ2) is 8.52. The van der Waals surface area contributed by atoms with Gasteiger partial charge in [-0.15, -0.1) is 9.35 Å². The quantitative estimate of drug-likeness (QED) is 0.491. The maximum Gasteiger partial charge on any atom is 0.295 e. The summed E-state index contributed by atoms with van der Waals surface area (Å²) >= 11 is 0. The number of aryl methyl sites for hydroxylation is 1. The SMILES string of the molecule is Cc1c[n+](N=Cc2ccc(N(C)C)cc2)cn1N=Cc1ccc(N(C)C)cc1. The lowest BCUT2D eigenvalue weighted by atomic mass is 10.2. The first kappa shape index (κ1) is 19.4. The van der Waals surface area contributed by atoms with Crippen LogP contribution in [0.25, 0.3) is 0 Å². The first-order valence-corrected chi connectivity index (χ1v) is 9.16. The molecule has 28 heavy (non-hydrogen) atoms. The van der Waals surface area contributed by atoms with Crippen molar-refractivity contribution >= 4 is 23.8 Å². The summed E-state index contributed by atoms with van der Waals surface area (Å²) in [5.74, 6) is 0.